The number of aryl methyl sites for hydroxylation is 3. The molecule has 5 nitrogen and oxygen atoms in total. The van der Waals surface area contributed by atoms with E-state index in [2.05, 4.69) is 42.6 Å². The fraction of sp³-hybridized carbons (Fsp3) is 0.235. The maximum atomic E-state index is 5.64. The van der Waals surface area contributed by atoms with Crippen molar-refractivity contribution >= 4 is 34.4 Å². The first kappa shape index (κ1) is 16.6. The first-order valence-electron chi connectivity index (χ1n) is 7.82. The first-order chi connectivity index (χ1) is 12.3. The fourth-order valence-electron chi connectivity index (χ4n) is 2.37. The van der Waals surface area contributed by atoms with E-state index in [1.165, 1.54) is 4.88 Å². The van der Waals surface area contributed by atoms with Gasteiger partial charge in [-0.3, -0.25) is 0 Å². The summed E-state index contributed by atoms with van der Waals surface area (Å²) in [6, 6.07) is 8.17. The standard InChI is InChI=1S/C17H16N4OS3/c1-12-4-5-15(22-12)16-19-13(9-24-16)10-25-17-20-18-11-21(17)7-6-14-3-2-8-23-14/h2-5,8-9,11H,6-7,10H2,1H3. The summed E-state index contributed by atoms with van der Waals surface area (Å²) in [5.41, 5.74) is 1.03. The van der Waals surface area contributed by atoms with Crippen LogP contribution < -0.4 is 0 Å². The molecule has 0 aliphatic rings. The lowest BCUT2D eigenvalue weighted by atomic mass is 10.3. The van der Waals surface area contributed by atoms with Crippen LogP contribution in [0.25, 0.3) is 10.8 Å². The molecule has 0 unspecified atom stereocenters. The summed E-state index contributed by atoms with van der Waals surface area (Å²) < 4.78 is 7.74. The van der Waals surface area contributed by atoms with Crippen LogP contribution in [-0.2, 0) is 18.7 Å². The molecule has 0 amide bonds. The van der Waals surface area contributed by atoms with E-state index in [-0.39, 0.29) is 0 Å². The molecule has 4 rings (SSSR count). The maximum absolute atomic E-state index is 5.64. The van der Waals surface area contributed by atoms with Gasteiger partial charge in [-0.25, -0.2) is 4.98 Å². The molecule has 0 aromatic carbocycles. The molecule has 8 heteroatoms. The second-order valence-electron chi connectivity index (χ2n) is 5.48. The molecule has 0 aliphatic heterocycles. The van der Waals surface area contributed by atoms with Crippen LogP contribution in [-0.4, -0.2) is 19.7 Å². The Kier molecular flexibility index (Phi) is 5.00. The topological polar surface area (TPSA) is 56.7 Å². The van der Waals surface area contributed by atoms with Crippen LogP contribution in [0.1, 0.15) is 16.3 Å². The van der Waals surface area contributed by atoms with Gasteiger partial charge in [0.1, 0.15) is 12.1 Å². The monoisotopic (exact) mass is 388 g/mol. The summed E-state index contributed by atoms with van der Waals surface area (Å²) in [6.45, 7) is 2.83. The summed E-state index contributed by atoms with van der Waals surface area (Å²) in [6.07, 6.45) is 2.80. The summed E-state index contributed by atoms with van der Waals surface area (Å²) in [4.78, 5) is 6.04. The largest absolute Gasteiger partial charge is 0.459 e. The summed E-state index contributed by atoms with van der Waals surface area (Å²) in [5.74, 6) is 2.51. The third-order valence-corrected chi connectivity index (χ3v) is 6.47. The maximum Gasteiger partial charge on any atom is 0.191 e. The number of hydrogen-bond acceptors (Lipinski definition) is 7. The van der Waals surface area contributed by atoms with Crippen LogP contribution in [0.2, 0.25) is 0 Å². The van der Waals surface area contributed by atoms with Gasteiger partial charge in [0.25, 0.3) is 0 Å². The van der Waals surface area contributed by atoms with Gasteiger partial charge in [0.05, 0.1) is 5.69 Å². The molecule has 0 atom stereocenters. The number of rotatable bonds is 7. The molecule has 0 spiro atoms. The molecule has 0 radical (unpaired) electrons. The summed E-state index contributed by atoms with van der Waals surface area (Å²) in [7, 11) is 0. The summed E-state index contributed by atoms with van der Waals surface area (Å²) in [5, 5.41) is 14.3. The zero-order valence-corrected chi connectivity index (χ0v) is 16.0. The van der Waals surface area contributed by atoms with E-state index >= 15 is 0 Å². The minimum Gasteiger partial charge on any atom is -0.459 e. The molecular weight excluding hydrogens is 372 g/mol. The highest BCUT2D eigenvalue weighted by Crippen LogP contribution is 2.28. The lowest BCUT2D eigenvalue weighted by molar-refractivity contribution is 0.548. The van der Waals surface area contributed by atoms with E-state index in [0.717, 1.165) is 46.1 Å². The number of nitrogens with zero attached hydrogens (tertiary/aromatic N) is 4. The van der Waals surface area contributed by atoms with Gasteiger partial charge in [0, 0.05) is 22.6 Å². The highest BCUT2D eigenvalue weighted by molar-refractivity contribution is 7.98. The normalized spacial score (nSPS) is 11.2. The number of hydrogen-bond donors (Lipinski definition) is 0. The van der Waals surface area contributed by atoms with Crippen molar-refractivity contribution in [1.29, 1.82) is 0 Å². The molecule has 0 N–H and O–H groups in total. The first-order valence-corrected chi connectivity index (χ1v) is 10.6. The van der Waals surface area contributed by atoms with E-state index in [1.54, 1.807) is 40.8 Å². The zero-order valence-electron chi connectivity index (χ0n) is 13.6. The van der Waals surface area contributed by atoms with E-state index in [4.69, 9.17) is 4.42 Å². The Bertz CT molecular complexity index is 939. The molecule has 0 bridgehead atoms. The average molecular weight is 389 g/mol. The Balaban J connectivity index is 1.37. The van der Waals surface area contributed by atoms with Crippen molar-refractivity contribution in [3.63, 3.8) is 0 Å². The van der Waals surface area contributed by atoms with E-state index < -0.39 is 0 Å². The second-order valence-corrected chi connectivity index (χ2v) is 8.31. The van der Waals surface area contributed by atoms with Crippen molar-refractivity contribution in [2.24, 2.45) is 0 Å². The quantitative estimate of drug-likeness (QED) is 0.422. The van der Waals surface area contributed by atoms with Gasteiger partial charge >= 0.3 is 0 Å². The summed E-state index contributed by atoms with van der Waals surface area (Å²) >= 11 is 5.06. The number of thiophene rings is 1. The Morgan fingerprint density at radius 2 is 2.20 bits per heavy atom. The van der Waals surface area contributed by atoms with Gasteiger partial charge in [-0.15, -0.1) is 32.9 Å². The van der Waals surface area contributed by atoms with Crippen molar-refractivity contribution in [3.8, 4) is 10.8 Å². The minimum absolute atomic E-state index is 0.772. The van der Waals surface area contributed by atoms with Crippen molar-refractivity contribution in [3.05, 3.63) is 57.7 Å². The Morgan fingerprint density at radius 3 is 3.00 bits per heavy atom. The van der Waals surface area contributed by atoms with Crippen molar-refractivity contribution in [2.75, 3.05) is 0 Å². The third-order valence-electron chi connectivity index (χ3n) is 3.61. The predicted molar refractivity (Wildman–Crippen MR) is 102 cm³/mol. The Labute approximate surface area is 157 Å². The minimum atomic E-state index is 0.772. The Morgan fingerprint density at radius 1 is 1.24 bits per heavy atom. The molecule has 0 saturated carbocycles. The van der Waals surface area contributed by atoms with Crippen LogP contribution in [0.3, 0.4) is 0 Å². The van der Waals surface area contributed by atoms with Crippen LogP contribution in [0, 0.1) is 6.92 Å². The van der Waals surface area contributed by atoms with Gasteiger partial charge in [0.2, 0.25) is 0 Å². The van der Waals surface area contributed by atoms with Crippen LogP contribution in [0.5, 0.6) is 0 Å². The van der Waals surface area contributed by atoms with Crippen LogP contribution in [0.15, 0.2) is 50.9 Å². The SMILES string of the molecule is Cc1ccc(-c2nc(CSc3nncn3CCc3cccs3)cs2)o1. The van der Waals surface area contributed by atoms with Gasteiger partial charge in [-0.1, -0.05) is 17.8 Å². The zero-order chi connectivity index (χ0) is 17.1. The fourth-order valence-corrected chi connectivity index (χ4v) is 4.79. The van der Waals surface area contributed by atoms with E-state index in [0.29, 0.717) is 0 Å². The smallest absolute Gasteiger partial charge is 0.191 e. The van der Waals surface area contributed by atoms with Crippen molar-refractivity contribution < 1.29 is 4.42 Å². The molecule has 0 saturated heterocycles. The van der Waals surface area contributed by atoms with Crippen LogP contribution >= 0.6 is 34.4 Å². The molecule has 128 valence electrons. The lowest BCUT2D eigenvalue weighted by Crippen LogP contribution is -2.01. The van der Waals surface area contributed by atoms with Crippen molar-refractivity contribution in [2.45, 2.75) is 30.8 Å². The Hall–Kier alpha value is -1.90. The number of thioether (sulfide) groups is 1. The number of aromatic nitrogens is 4. The molecule has 4 heterocycles. The lowest BCUT2D eigenvalue weighted by Gasteiger charge is -2.04. The molecule has 4 aromatic rings. The van der Waals surface area contributed by atoms with E-state index in [9.17, 15) is 0 Å². The molecule has 0 aliphatic carbocycles. The number of furan rings is 1. The highest BCUT2D eigenvalue weighted by Gasteiger charge is 2.11. The third kappa shape index (κ3) is 4.02. The predicted octanol–water partition coefficient (Wildman–Crippen LogP) is 4.90. The van der Waals surface area contributed by atoms with Crippen LogP contribution in [0.4, 0.5) is 0 Å². The van der Waals surface area contributed by atoms with E-state index in [1.807, 2.05) is 19.1 Å². The second kappa shape index (κ2) is 7.55. The number of thiazole rings is 1. The molecular formula is C17H16N4OS3. The van der Waals surface area contributed by atoms with Gasteiger partial charge < -0.3 is 8.98 Å². The molecule has 0 fully saturated rings. The van der Waals surface area contributed by atoms with Gasteiger partial charge in [0.15, 0.2) is 15.9 Å². The molecule has 25 heavy (non-hydrogen) atoms. The van der Waals surface area contributed by atoms with Crippen molar-refractivity contribution in [1.82, 2.24) is 19.7 Å². The highest BCUT2D eigenvalue weighted by atomic mass is 32.2. The average Bonchev–Trinajstić information content (AvgIpc) is 3.38. The van der Waals surface area contributed by atoms with Gasteiger partial charge in [-0.2, -0.15) is 0 Å². The molecule has 4 aromatic heterocycles. The van der Waals surface area contributed by atoms with Gasteiger partial charge in [-0.05, 0) is 36.9 Å².